The molecule has 0 atom stereocenters. The molecule has 3 heterocycles. The van der Waals surface area contributed by atoms with Gasteiger partial charge in [0.2, 0.25) is 0 Å². The van der Waals surface area contributed by atoms with E-state index in [1.54, 1.807) is 12.1 Å². The van der Waals surface area contributed by atoms with Crippen LogP contribution < -0.4 is 14.5 Å². The van der Waals surface area contributed by atoms with Crippen LogP contribution in [0.15, 0.2) is 212 Å². The maximum atomic E-state index is 15.0. The van der Waals surface area contributed by atoms with Gasteiger partial charge in [0.15, 0.2) is 0 Å². The number of ether oxygens (including phenoxy) is 1. The number of anilines is 4. The van der Waals surface area contributed by atoms with Crippen molar-refractivity contribution in [2.45, 2.75) is 91.9 Å². The summed E-state index contributed by atoms with van der Waals surface area (Å²) in [5, 5.41) is 2.28. The van der Waals surface area contributed by atoms with Crippen molar-refractivity contribution in [1.29, 1.82) is 0 Å². The van der Waals surface area contributed by atoms with E-state index in [0.29, 0.717) is 30.0 Å². The zero-order valence-electron chi connectivity index (χ0n) is 47.6. The molecule has 398 valence electrons. The highest BCUT2D eigenvalue weighted by atomic mass is 19.1. The Bertz CT molecular complexity index is 4090. The Balaban J connectivity index is 1.06. The van der Waals surface area contributed by atoms with Gasteiger partial charge in [-0.15, -0.1) is 0 Å². The second-order valence-electron chi connectivity index (χ2n) is 24.3. The van der Waals surface area contributed by atoms with Crippen molar-refractivity contribution < 1.29 is 9.13 Å². The van der Waals surface area contributed by atoms with Crippen molar-refractivity contribution >= 4 is 44.6 Å². The van der Waals surface area contributed by atoms with Crippen LogP contribution in [0.25, 0.3) is 72.1 Å². The third-order valence-corrected chi connectivity index (χ3v) is 16.0. The molecule has 0 saturated heterocycles. The Labute approximate surface area is 471 Å². The smallest absolute Gasteiger partial charge is 0.137 e. The number of pyridine rings is 1. The van der Waals surface area contributed by atoms with Crippen LogP contribution in [0.4, 0.5) is 27.1 Å². The molecular weight excluding hydrogens is 980 g/mol. The van der Waals surface area contributed by atoms with Crippen LogP contribution in [-0.4, -0.2) is 16.2 Å². The molecule has 80 heavy (non-hydrogen) atoms. The molecule has 0 bridgehead atoms. The van der Waals surface area contributed by atoms with E-state index in [4.69, 9.17) is 9.72 Å². The van der Waals surface area contributed by atoms with Gasteiger partial charge in [0.1, 0.15) is 29.8 Å². The van der Waals surface area contributed by atoms with Crippen LogP contribution >= 0.6 is 0 Å². The number of hydrogen-bond donors (Lipinski definition) is 0. The van der Waals surface area contributed by atoms with E-state index in [2.05, 4.69) is 266 Å². The molecule has 12 rings (SSSR count). The van der Waals surface area contributed by atoms with Crippen LogP contribution in [-0.2, 0) is 10.8 Å². The molecule has 2 aromatic heterocycles. The van der Waals surface area contributed by atoms with Crippen molar-refractivity contribution in [3.63, 3.8) is 0 Å². The minimum Gasteiger partial charge on any atom is -0.457 e. The van der Waals surface area contributed by atoms with Crippen molar-refractivity contribution in [1.82, 2.24) is 9.55 Å². The predicted molar refractivity (Wildman–Crippen MR) is 334 cm³/mol. The predicted octanol–water partition coefficient (Wildman–Crippen LogP) is 20.9. The topological polar surface area (TPSA) is 33.5 Å². The van der Waals surface area contributed by atoms with E-state index in [1.165, 1.54) is 27.8 Å². The second kappa shape index (κ2) is 20.5. The molecule has 0 unspecified atom stereocenters. The summed E-state index contributed by atoms with van der Waals surface area (Å²) in [5.41, 5.74) is 19.8. The Morgan fingerprint density at radius 2 is 1.02 bits per heavy atom. The number of aromatic nitrogens is 2. The van der Waals surface area contributed by atoms with Crippen LogP contribution in [0.3, 0.4) is 0 Å². The average molecular weight is 1050 g/mol. The molecule has 11 aromatic rings. The van der Waals surface area contributed by atoms with Gasteiger partial charge in [-0.3, -0.25) is 4.57 Å². The van der Waals surface area contributed by atoms with Gasteiger partial charge in [-0.1, -0.05) is 184 Å². The minimum absolute atomic E-state index is 0.0551. The summed E-state index contributed by atoms with van der Waals surface area (Å²) in [4.78, 5) is 9.87. The van der Waals surface area contributed by atoms with Crippen molar-refractivity contribution in [2.24, 2.45) is 0 Å². The number of fused-ring (bicyclic) bond motifs is 4. The fraction of sp³-hybridized carbons (Fsp3) is 0.203. The first-order valence-corrected chi connectivity index (χ1v) is 28.2. The van der Waals surface area contributed by atoms with Gasteiger partial charge in [-0.05, 0) is 157 Å². The van der Waals surface area contributed by atoms with Crippen molar-refractivity contribution in [3.8, 4) is 61.8 Å². The van der Waals surface area contributed by atoms with E-state index in [-0.39, 0.29) is 16.6 Å². The third-order valence-electron chi connectivity index (χ3n) is 16.0. The average Bonchev–Trinajstić information content (AvgIpc) is 4.22. The van der Waals surface area contributed by atoms with E-state index in [9.17, 15) is 4.39 Å². The lowest BCUT2D eigenvalue weighted by molar-refractivity contribution is 0.483. The van der Waals surface area contributed by atoms with Crippen LogP contribution in [0.5, 0.6) is 11.5 Å². The Morgan fingerprint density at radius 1 is 0.450 bits per heavy atom. The molecule has 1 aliphatic heterocycles. The van der Waals surface area contributed by atoms with Crippen LogP contribution in [0.2, 0.25) is 0 Å². The number of halogens is 1. The summed E-state index contributed by atoms with van der Waals surface area (Å²) < 4.78 is 24.5. The van der Waals surface area contributed by atoms with Crippen LogP contribution in [0.1, 0.15) is 103 Å². The number of nitrogens with zero attached hydrogens (tertiary/aromatic N) is 4. The quantitative estimate of drug-likeness (QED) is 0.129. The first-order valence-electron chi connectivity index (χ1n) is 28.2. The molecule has 0 spiro atoms. The van der Waals surface area contributed by atoms with Gasteiger partial charge < -0.3 is 14.5 Å². The lowest BCUT2D eigenvalue weighted by atomic mass is 9.81. The molecule has 0 fully saturated rings. The molecule has 9 aromatic carbocycles. The first-order chi connectivity index (χ1) is 38.5. The standard InChI is InChI=1S/C74H69FN4O/c1-47(2)51-36-52(48(3)4)38-53(37-51)66-42-56(74(8,9)10)41-65(50-28-30-57(75)31-29-50)72(66)78-46-77(68-26-18-19-27-69(68)78)58-39-54(62-23-15-14-22-61(62)49-20-12-11-13-21-49)40-60(44-58)80-59-32-33-64-63-24-16-17-25-67(63)79(70(64)45-59)71-43-55(34-35-76-71)73(5,6)7/h11-45,47-48H,46H2,1-10H3. The lowest BCUT2D eigenvalue weighted by Gasteiger charge is -2.31. The molecule has 6 heteroatoms. The third kappa shape index (κ3) is 9.82. The highest BCUT2D eigenvalue weighted by Crippen LogP contribution is 2.53. The Morgan fingerprint density at radius 3 is 1.70 bits per heavy atom. The van der Waals surface area contributed by atoms with Gasteiger partial charge in [0.25, 0.3) is 0 Å². The van der Waals surface area contributed by atoms with Gasteiger partial charge in [-0.25, -0.2) is 9.37 Å². The number of benzene rings is 9. The SMILES string of the molecule is CC(C)c1cc(-c2cc(C(C)(C)C)cc(-c3ccc(F)cc3)c2N2CN(c3cc(Oc4ccc5c6ccccc6n(-c6cc(C(C)(C)C)ccn6)c5c4)cc(-c4ccccc4-c4ccccc4)c3)c3ccccc32)cc(C(C)C)c1. The fourth-order valence-electron chi connectivity index (χ4n) is 11.5. The van der Waals surface area contributed by atoms with Crippen molar-refractivity contribution in [3.05, 3.63) is 241 Å². The maximum absolute atomic E-state index is 15.0. The van der Waals surface area contributed by atoms with Gasteiger partial charge in [0.05, 0.1) is 28.1 Å². The van der Waals surface area contributed by atoms with Gasteiger partial charge in [0, 0.05) is 45.9 Å². The van der Waals surface area contributed by atoms with Crippen LogP contribution in [0, 0.1) is 5.82 Å². The molecule has 5 nitrogen and oxygen atoms in total. The molecule has 1 aliphatic rings. The Hall–Kier alpha value is -8.74. The molecule has 0 saturated carbocycles. The summed E-state index contributed by atoms with van der Waals surface area (Å²) in [7, 11) is 0. The first kappa shape index (κ1) is 52.0. The summed E-state index contributed by atoms with van der Waals surface area (Å²) in [6.45, 7) is 23.2. The van der Waals surface area contributed by atoms with E-state index in [0.717, 1.165) is 89.3 Å². The monoisotopic (exact) mass is 1050 g/mol. The van der Waals surface area contributed by atoms with E-state index < -0.39 is 0 Å². The zero-order chi connectivity index (χ0) is 55.6. The highest BCUT2D eigenvalue weighted by Gasteiger charge is 2.34. The number of para-hydroxylation sites is 3. The lowest BCUT2D eigenvalue weighted by Crippen LogP contribution is -2.25. The van der Waals surface area contributed by atoms with Gasteiger partial charge >= 0.3 is 0 Å². The molecule has 0 aliphatic carbocycles. The molecule has 0 N–H and O–H groups in total. The minimum atomic E-state index is -0.261. The van der Waals surface area contributed by atoms with E-state index in [1.807, 2.05) is 18.3 Å². The van der Waals surface area contributed by atoms with Crippen molar-refractivity contribution in [2.75, 3.05) is 16.5 Å². The largest absolute Gasteiger partial charge is 0.457 e. The normalized spacial score (nSPS) is 12.8. The summed E-state index contributed by atoms with van der Waals surface area (Å²) in [6, 6.07) is 73.0. The summed E-state index contributed by atoms with van der Waals surface area (Å²) >= 11 is 0. The Kier molecular flexibility index (Phi) is 13.3. The molecule has 0 radical (unpaired) electrons. The fourth-order valence-corrected chi connectivity index (χ4v) is 11.5. The number of rotatable bonds is 11. The summed E-state index contributed by atoms with van der Waals surface area (Å²) in [5.74, 6) is 2.68. The highest BCUT2D eigenvalue weighted by molar-refractivity contribution is 6.09. The van der Waals surface area contributed by atoms with E-state index >= 15 is 0 Å². The maximum Gasteiger partial charge on any atom is 0.137 e. The second-order valence-corrected chi connectivity index (χ2v) is 24.3. The molecular formula is C74H69FN4O. The summed E-state index contributed by atoms with van der Waals surface area (Å²) in [6.07, 6.45) is 1.92. The molecule has 0 amide bonds. The number of hydrogen-bond acceptors (Lipinski definition) is 4. The van der Waals surface area contributed by atoms with Gasteiger partial charge in [-0.2, -0.15) is 0 Å². The zero-order valence-corrected chi connectivity index (χ0v) is 47.6.